The number of aromatic nitrogens is 3. The lowest BCUT2D eigenvalue weighted by molar-refractivity contribution is 0.0698. The number of hydrogen-bond acceptors (Lipinski definition) is 3. The minimum Gasteiger partial charge on any atom is -0.477 e. The van der Waals surface area contributed by atoms with Crippen LogP contribution in [0.25, 0.3) is 28.0 Å². The smallest absolute Gasteiger partial charge is 0.341 e. The van der Waals surface area contributed by atoms with Gasteiger partial charge in [-0.3, -0.25) is 0 Å². The van der Waals surface area contributed by atoms with Gasteiger partial charge in [-0.05, 0) is 18.2 Å². The molecule has 4 rings (SSSR count). The van der Waals surface area contributed by atoms with Crippen LogP contribution in [-0.4, -0.2) is 25.7 Å². The molecule has 0 saturated carbocycles. The summed E-state index contributed by atoms with van der Waals surface area (Å²) in [6, 6.07) is 9.80. The molecule has 0 amide bonds. The number of hydrogen-bond donors (Lipinski definition) is 1. The molecular formula is C20H11ClF3N3O2. The maximum atomic E-state index is 14.8. The van der Waals surface area contributed by atoms with Crippen LogP contribution in [-0.2, 0) is 0 Å². The number of carboxylic acid groups (broad SMARTS) is 1. The summed E-state index contributed by atoms with van der Waals surface area (Å²) >= 11 is 6.29. The van der Waals surface area contributed by atoms with Gasteiger partial charge in [-0.15, -0.1) is 0 Å². The van der Waals surface area contributed by atoms with Crippen molar-refractivity contribution in [2.75, 3.05) is 0 Å². The largest absolute Gasteiger partial charge is 0.477 e. The lowest BCUT2D eigenvalue weighted by Gasteiger charge is -2.14. The zero-order chi connectivity index (χ0) is 20.7. The van der Waals surface area contributed by atoms with E-state index < -0.39 is 23.8 Å². The molecule has 0 atom stereocenters. The molecule has 1 N–H and O–H groups in total. The third kappa shape index (κ3) is 3.21. The average molecular weight is 418 g/mol. The normalized spacial score (nSPS) is 11.3. The molecule has 0 saturated heterocycles. The highest BCUT2D eigenvalue weighted by atomic mass is 35.5. The summed E-state index contributed by atoms with van der Waals surface area (Å²) in [6.45, 7) is 0. The summed E-state index contributed by atoms with van der Waals surface area (Å²) in [4.78, 5) is 15.6. The SMILES string of the molecule is O=C(O)c1cnn2c(-c3ccc(C(F)F)cc3F)c(-c3ccccc3Cl)cnc12. The van der Waals surface area contributed by atoms with Gasteiger partial charge in [0.15, 0.2) is 5.65 Å². The van der Waals surface area contributed by atoms with Crippen LogP contribution in [0.2, 0.25) is 5.02 Å². The van der Waals surface area contributed by atoms with Crippen molar-refractivity contribution in [2.45, 2.75) is 6.43 Å². The number of nitrogens with zero attached hydrogens (tertiary/aromatic N) is 3. The van der Waals surface area contributed by atoms with Gasteiger partial charge in [-0.2, -0.15) is 5.10 Å². The molecule has 0 unspecified atom stereocenters. The Morgan fingerprint density at radius 1 is 1.07 bits per heavy atom. The van der Waals surface area contributed by atoms with Gasteiger partial charge >= 0.3 is 5.97 Å². The first-order valence-corrected chi connectivity index (χ1v) is 8.69. The zero-order valence-corrected chi connectivity index (χ0v) is 15.2. The number of benzene rings is 2. The Hall–Kier alpha value is -3.39. The van der Waals surface area contributed by atoms with Gasteiger partial charge in [0.05, 0.1) is 11.9 Å². The van der Waals surface area contributed by atoms with Crippen LogP contribution >= 0.6 is 11.6 Å². The van der Waals surface area contributed by atoms with Crippen LogP contribution in [0.5, 0.6) is 0 Å². The molecule has 0 spiro atoms. The Labute approximate surface area is 167 Å². The lowest BCUT2D eigenvalue weighted by Crippen LogP contribution is -2.04. The van der Waals surface area contributed by atoms with Crippen molar-refractivity contribution >= 4 is 23.2 Å². The summed E-state index contributed by atoms with van der Waals surface area (Å²) in [5, 5.41) is 13.7. The first-order valence-electron chi connectivity index (χ1n) is 8.31. The van der Waals surface area contributed by atoms with Crippen molar-refractivity contribution in [3.63, 3.8) is 0 Å². The molecule has 0 fully saturated rings. The fraction of sp³-hybridized carbons (Fsp3) is 0.0500. The Morgan fingerprint density at radius 2 is 1.83 bits per heavy atom. The average Bonchev–Trinajstić information content (AvgIpc) is 3.12. The van der Waals surface area contributed by atoms with E-state index >= 15 is 0 Å². The molecule has 0 bridgehead atoms. The minimum atomic E-state index is -2.83. The summed E-state index contributed by atoms with van der Waals surface area (Å²) in [7, 11) is 0. The molecule has 29 heavy (non-hydrogen) atoms. The molecular weight excluding hydrogens is 407 g/mol. The van der Waals surface area contributed by atoms with Gasteiger partial charge in [-0.25, -0.2) is 27.5 Å². The van der Waals surface area contributed by atoms with Crippen molar-refractivity contribution in [3.05, 3.63) is 76.8 Å². The first kappa shape index (κ1) is 18.9. The number of aromatic carboxylic acids is 1. The highest BCUT2D eigenvalue weighted by molar-refractivity contribution is 6.33. The van der Waals surface area contributed by atoms with Gasteiger partial charge in [0.25, 0.3) is 6.43 Å². The Morgan fingerprint density at radius 3 is 2.48 bits per heavy atom. The number of halogens is 4. The Bertz CT molecular complexity index is 1260. The molecule has 4 aromatic rings. The Balaban J connectivity index is 2.08. The van der Waals surface area contributed by atoms with E-state index in [0.717, 1.165) is 18.3 Å². The van der Waals surface area contributed by atoms with Crippen LogP contribution in [0.3, 0.4) is 0 Å². The fourth-order valence-electron chi connectivity index (χ4n) is 3.08. The third-order valence-corrected chi connectivity index (χ3v) is 4.75. The highest BCUT2D eigenvalue weighted by Gasteiger charge is 2.23. The van der Waals surface area contributed by atoms with Gasteiger partial charge in [0, 0.05) is 33.5 Å². The Kier molecular flexibility index (Phi) is 4.71. The molecule has 2 aromatic carbocycles. The number of carboxylic acids is 1. The highest BCUT2D eigenvalue weighted by Crippen LogP contribution is 2.37. The van der Waals surface area contributed by atoms with Crippen LogP contribution in [0, 0.1) is 5.82 Å². The van der Waals surface area contributed by atoms with E-state index in [1.54, 1.807) is 24.3 Å². The van der Waals surface area contributed by atoms with Crippen LogP contribution in [0.4, 0.5) is 13.2 Å². The van der Waals surface area contributed by atoms with Crippen LogP contribution in [0.1, 0.15) is 22.3 Å². The monoisotopic (exact) mass is 417 g/mol. The number of rotatable bonds is 4. The van der Waals surface area contributed by atoms with Gasteiger partial charge < -0.3 is 5.11 Å². The van der Waals surface area contributed by atoms with Gasteiger partial charge in [0.2, 0.25) is 0 Å². The maximum Gasteiger partial charge on any atom is 0.341 e. The van der Waals surface area contributed by atoms with Gasteiger partial charge in [-0.1, -0.05) is 35.9 Å². The number of alkyl halides is 2. The van der Waals surface area contributed by atoms with Crippen molar-refractivity contribution in [3.8, 4) is 22.4 Å². The maximum absolute atomic E-state index is 14.8. The van der Waals surface area contributed by atoms with E-state index in [0.29, 0.717) is 16.1 Å². The molecule has 0 aliphatic heterocycles. The quantitative estimate of drug-likeness (QED) is 0.476. The summed E-state index contributed by atoms with van der Waals surface area (Å²) < 4.78 is 41.9. The fourth-order valence-corrected chi connectivity index (χ4v) is 3.31. The standard InChI is InChI=1S/C20H11ClF3N3O2/c21-15-4-2-1-3-11(15)13-8-25-19-14(20(28)29)9-26-27(19)17(13)12-6-5-10(18(23)24)7-16(12)22/h1-9,18H,(H,28,29). The van der Waals surface area contributed by atoms with E-state index in [4.69, 9.17) is 11.6 Å². The molecule has 0 aliphatic carbocycles. The molecule has 5 nitrogen and oxygen atoms in total. The summed E-state index contributed by atoms with van der Waals surface area (Å²) in [6.07, 6.45) is -0.376. The van der Waals surface area contributed by atoms with E-state index in [1.165, 1.54) is 16.8 Å². The molecule has 0 radical (unpaired) electrons. The van der Waals surface area contributed by atoms with Crippen molar-refractivity contribution in [2.24, 2.45) is 0 Å². The third-order valence-electron chi connectivity index (χ3n) is 4.42. The predicted molar refractivity (Wildman–Crippen MR) is 101 cm³/mol. The molecule has 0 aliphatic rings. The molecule has 9 heteroatoms. The molecule has 2 aromatic heterocycles. The van der Waals surface area contributed by atoms with E-state index in [1.807, 2.05) is 0 Å². The van der Waals surface area contributed by atoms with Crippen LogP contribution < -0.4 is 0 Å². The lowest BCUT2D eigenvalue weighted by atomic mass is 9.99. The zero-order valence-electron chi connectivity index (χ0n) is 14.5. The predicted octanol–water partition coefficient (Wildman–Crippen LogP) is 5.49. The van der Waals surface area contributed by atoms with E-state index in [9.17, 15) is 23.1 Å². The summed E-state index contributed by atoms with van der Waals surface area (Å²) in [5.41, 5.74) is 0.311. The number of carbonyl (C=O) groups is 1. The molecule has 2 heterocycles. The second kappa shape index (κ2) is 7.21. The second-order valence-corrected chi connectivity index (χ2v) is 6.55. The second-order valence-electron chi connectivity index (χ2n) is 6.14. The molecule has 146 valence electrons. The minimum absolute atomic E-state index is 0.0133. The van der Waals surface area contributed by atoms with Crippen molar-refractivity contribution in [1.29, 1.82) is 0 Å². The van der Waals surface area contributed by atoms with E-state index in [2.05, 4.69) is 10.1 Å². The van der Waals surface area contributed by atoms with Crippen molar-refractivity contribution < 1.29 is 23.1 Å². The topological polar surface area (TPSA) is 67.5 Å². The van der Waals surface area contributed by atoms with Crippen molar-refractivity contribution in [1.82, 2.24) is 14.6 Å². The van der Waals surface area contributed by atoms with Gasteiger partial charge in [0.1, 0.15) is 11.4 Å². The van der Waals surface area contributed by atoms with Crippen LogP contribution in [0.15, 0.2) is 54.9 Å². The summed E-state index contributed by atoms with van der Waals surface area (Å²) in [5.74, 6) is -2.16. The number of fused-ring (bicyclic) bond motifs is 1. The van der Waals surface area contributed by atoms with E-state index in [-0.39, 0.29) is 22.5 Å². The first-order chi connectivity index (χ1) is 13.9.